The lowest BCUT2D eigenvalue weighted by Gasteiger charge is -2.14. The molecule has 4 amide bonds. The van der Waals surface area contributed by atoms with Crippen LogP contribution in [0.25, 0.3) is 10.9 Å². The molecule has 1 heterocycles. The zero-order valence-corrected chi connectivity index (χ0v) is 20.8. The Morgan fingerprint density at radius 1 is 0.919 bits per heavy atom. The third kappa shape index (κ3) is 7.85. The zero-order valence-electron chi connectivity index (χ0n) is 19.9. The Hall–Kier alpha value is -4.29. The molecule has 11 nitrogen and oxygen atoms in total. The van der Waals surface area contributed by atoms with Gasteiger partial charge in [-0.2, -0.15) is 0 Å². The largest absolute Gasteiger partial charge is 0.347 e. The third-order valence-corrected chi connectivity index (χ3v) is 5.81. The maximum Gasteiger partial charge on any atom is 0.289 e. The number of fused-ring (bicyclic) bond motifs is 1. The number of hydrogen-bond acceptors (Lipinski definition) is 8. The van der Waals surface area contributed by atoms with Crippen molar-refractivity contribution >= 4 is 52.3 Å². The van der Waals surface area contributed by atoms with Crippen LogP contribution in [-0.2, 0) is 25.7 Å². The van der Waals surface area contributed by atoms with E-state index in [1.165, 1.54) is 13.1 Å². The number of aromatic nitrogens is 1. The van der Waals surface area contributed by atoms with Crippen molar-refractivity contribution in [3.05, 3.63) is 71.9 Å². The van der Waals surface area contributed by atoms with Gasteiger partial charge in [0.25, 0.3) is 11.8 Å². The van der Waals surface area contributed by atoms with E-state index in [1.54, 1.807) is 54.6 Å². The minimum Gasteiger partial charge on any atom is -0.347 e. The lowest BCUT2D eigenvalue weighted by molar-refractivity contribution is -0.138. The van der Waals surface area contributed by atoms with Gasteiger partial charge in [-0.1, -0.05) is 30.3 Å². The summed E-state index contributed by atoms with van der Waals surface area (Å²) in [5, 5.41) is 15.8. The van der Waals surface area contributed by atoms with E-state index in [9.17, 15) is 24.0 Å². The first-order chi connectivity index (χ1) is 17.8. The van der Waals surface area contributed by atoms with Gasteiger partial charge in [0, 0.05) is 23.0 Å². The second kappa shape index (κ2) is 13.1. The number of pyridine rings is 1. The number of nitrogens with zero attached hydrogens (tertiary/aromatic N) is 1. The van der Waals surface area contributed by atoms with E-state index in [1.807, 2.05) is 0 Å². The molecule has 1 aromatic heterocycles. The molecular weight excluding hydrogens is 496 g/mol. The second-order valence-corrected chi connectivity index (χ2v) is 8.64. The highest BCUT2D eigenvalue weighted by Crippen LogP contribution is 2.16. The van der Waals surface area contributed by atoms with Crippen molar-refractivity contribution in [1.29, 1.82) is 0 Å². The average molecular weight is 523 g/mol. The minimum absolute atomic E-state index is 0.140. The van der Waals surface area contributed by atoms with E-state index in [-0.39, 0.29) is 13.1 Å². The monoisotopic (exact) mass is 522 g/mol. The highest BCUT2D eigenvalue weighted by molar-refractivity contribution is 7.97. The first-order valence-electron chi connectivity index (χ1n) is 11.2. The topological polar surface area (TPSA) is 172 Å². The summed E-state index contributed by atoms with van der Waals surface area (Å²) in [5.41, 5.74) is 1.80. The van der Waals surface area contributed by atoms with Gasteiger partial charge in [0.2, 0.25) is 17.6 Å². The van der Waals surface area contributed by atoms with Crippen LogP contribution in [0.4, 0.5) is 0 Å². The van der Waals surface area contributed by atoms with Gasteiger partial charge in [-0.15, -0.1) is 0 Å². The van der Waals surface area contributed by atoms with Crippen molar-refractivity contribution in [3.8, 4) is 0 Å². The SMILES string of the molecule is C[C@H](NC(=O)CNC(=O)c1ccnc2ccccc12)C(=O)NCC(=O)C(=O)NCc1ccc(SN)cc1. The van der Waals surface area contributed by atoms with E-state index >= 15 is 0 Å². The Bertz CT molecular complexity index is 1310. The van der Waals surface area contributed by atoms with Gasteiger partial charge in [-0.05, 0) is 48.7 Å². The van der Waals surface area contributed by atoms with Crippen molar-refractivity contribution in [2.24, 2.45) is 5.14 Å². The fourth-order valence-corrected chi connectivity index (χ4v) is 3.57. The molecule has 1 atom stereocenters. The minimum atomic E-state index is -0.999. The second-order valence-electron chi connectivity index (χ2n) is 7.93. The molecule has 2 aromatic carbocycles. The molecular formula is C25H26N6O5S. The van der Waals surface area contributed by atoms with Crippen LogP contribution in [0.1, 0.15) is 22.8 Å². The molecule has 0 saturated carbocycles. The number of hydrogen-bond donors (Lipinski definition) is 5. The Morgan fingerprint density at radius 3 is 2.38 bits per heavy atom. The molecule has 37 heavy (non-hydrogen) atoms. The molecule has 0 bridgehead atoms. The van der Waals surface area contributed by atoms with Crippen LogP contribution in [0, 0.1) is 0 Å². The van der Waals surface area contributed by atoms with Gasteiger partial charge in [0.15, 0.2) is 0 Å². The number of nitrogens with one attached hydrogen (secondary N) is 4. The molecule has 3 rings (SSSR count). The summed E-state index contributed by atoms with van der Waals surface area (Å²) in [6.45, 7) is 0.666. The third-order valence-electron chi connectivity index (χ3n) is 5.26. The van der Waals surface area contributed by atoms with Crippen molar-refractivity contribution in [1.82, 2.24) is 26.3 Å². The highest BCUT2D eigenvalue weighted by Gasteiger charge is 2.20. The lowest BCUT2D eigenvalue weighted by atomic mass is 10.1. The van der Waals surface area contributed by atoms with Crippen LogP contribution < -0.4 is 26.4 Å². The molecule has 6 N–H and O–H groups in total. The Kier molecular flexibility index (Phi) is 9.69. The number of Topliss-reactive ketones (excluding diaryl/α,β-unsaturated/α-hetero) is 1. The Morgan fingerprint density at radius 2 is 1.65 bits per heavy atom. The fourth-order valence-electron chi connectivity index (χ4n) is 3.28. The summed E-state index contributed by atoms with van der Waals surface area (Å²) in [7, 11) is 0. The number of amides is 4. The molecule has 0 unspecified atom stereocenters. The number of para-hydroxylation sites is 1. The smallest absolute Gasteiger partial charge is 0.289 e. The maximum atomic E-state index is 12.5. The van der Waals surface area contributed by atoms with Crippen LogP contribution in [0.15, 0.2) is 65.7 Å². The van der Waals surface area contributed by atoms with Gasteiger partial charge in [0.1, 0.15) is 6.04 Å². The lowest BCUT2D eigenvalue weighted by Crippen LogP contribution is -2.49. The van der Waals surface area contributed by atoms with Crippen LogP contribution >= 0.6 is 11.9 Å². The molecule has 3 aromatic rings. The molecule has 0 saturated heterocycles. The average Bonchev–Trinajstić information content (AvgIpc) is 2.92. The van der Waals surface area contributed by atoms with Gasteiger partial charge >= 0.3 is 0 Å². The van der Waals surface area contributed by atoms with Gasteiger partial charge < -0.3 is 21.3 Å². The van der Waals surface area contributed by atoms with Crippen molar-refractivity contribution in [2.75, 3.05) is 13.1 Å². The first-order valence-corrected chi connectivity index (χ1v) is 12.1. The van der Waals surface area contributed by atoms with E-state index in [0.29, 0.717) is 16.5 Å². The van der Waals surface area contributed by atoms with Crippen LogP contribution in [0.3, 0.4) is 0 Å². The Labute approximate surface area is 217 Å². The predicted octanol–water partition coefficient (Wildman–Crippen LogP) is 0.437. The normalized spacial score (nSPS) is 11.3. The summed E-state index contributed by atoms with van der Waals surface area (Å²) in [4.78, 5) is 66.0. The summed E-state index contributed by atoms with van der Waals surface area (Å²) < 4.78 is 0. The van der Waals surface area contributed by atoms with Crippen LogP contribution in [0.5, 0.6) is 0 Å². The van der Waals surface area contributed by atoms with Crippen LogP contribution in [-0.4, -0.2) is 53.5 Å². The number of ketones is 1. The van der Waals surface area contributed by atoms with Crippen molar-refractivity contribution in [3.63, 3.8) is 0 Å². The van der Waals surface area contributed by atoms with E-state index in [4.69, 9.17) is 5.14 Å². The van der Waals surface area contributed by atoms with Gasteiger partial charge in [0.05, 0.1) is 24.2 Å². The number of nitrogens with two attached hydrogens (primary N) is 1. The maximum absolute atomic E-state index is 12.5. The number of carbonyl (C=O) groups is 5. The molecule has 0 aliphatic heterocycles. The number of rotatable bonds is 11. The summed E-state index contributed by atoms with van der Waals surface area (Å²) in [5.74, 6) is -3.40. The predicted molar refractivity (Wildman–Crippen MR) is 138 cm³/mol. The van der Waals surface area contributed by atoms with E-state index < -0.39 is 42.0 Å². The molecule has 0 fully saturated rings. The molecule has 0 spiro atoms. The molecule has 192 valence electrons. The Balaban J connectivity index is 1.39. The zero-order chi connectivity index (χ0) is 26.8. The fraction of sp³-hybridized carbons (Fsp3) is 0.200. The molecule has 12 heteroatoms. The molecule has 0 radical (unpaired) electrons. The standard InChI is InChI=1S/C25H26N6O5S/c1-15(23(34)29-13-21(32)25(36)28-12-16-6-8-17(37-26)9-7-16)31-22(33)14-30-24(35)19-10-11-27-20-5-3-2-4-18(19)20/h2-11,15H,12-14,26H2,1H3,(H,28,36)(H,29,34)(H,30,35)(H,31,33)/t15-/m0/s1. The van der Waals surface area contributed by atoms with E-state index in [2.05, 4.69) is 26.3 Å². The number of benzene rings is 2. The number of carbonyl (C=O) groups excluding carboxylic acids is 5. The van der Waals surface area contributed by atoms with Crippen LogP contribution in [0.2, 0.25) is 0 Å². The van der Waals surface area contributed by atoms with E-state index in [0.717, 1.165) is 22.4 Å². The quantitative estimate of drug-likeness (QED) is 0.178. The first kappa shape index (κ1) is 27.3. The summed E-state index contributed by atoms with van der Waals surface area (Å²) in [6.07, 6.45) is 1.50. The summed E-state index contributed by atoms with van der Waals surface area (Å²) >= 11 is 1.10. The van der Waals surface area contributed by atoms with Crippen molar-refractivity contribution in [2.45, 2.75) is 24.4 Å². The molecule has 0 aliphatic carbocycles. The highest BCUT2D eigenvalue weighted by atomic mass is 32.2. The van der Waals surface area contributed by atoms with Gasteiger partial charge in [-0.3, -0.25) is 34.1 Å². The summed E-state index contributed by atoms with van der Waals surface area (Å²) in [6, 6.07) is 14.8. The molecule has 0 aliphatic rings. The van der Waals surface area contributed by atoms with Crippen molar-refractivity contribution < 1.29 is 24.0 Å². The van der Waals surface area contributed by atoms with Gasteiger partial charge in [-0.25, -0.2) is 0 Å².